The Balaban J connectivity index is 1.26. The number of amides is 2. The first-order valence-electron chi connectivity index (χ1n) is 12.1. The van der Waals surface area contributed by atoms with Gasteiger partial charge in [0.25, 0.3) is 0 Å². The van der Waals surface area contributed by atoms with Crippen LogP contribution in [0.2, 0.25) is 0 Å². The minimum Gasteiger partial charge on any atom is -0.481 e. The van der Waals surface area contributed by atoms with Crippen LogP contribution in [-0.2, 0) is 14.3 Å². The molecular weight excluding hydrogens is 432 g/mol. The Morgan fingerprint density at radius 2 is 1.68 bits per heavy atom. The molecule has 4 rings (SSSR count). The number of carboxylic acids is 1. The van der Waals surface area contributed by atoms with Crippen molar-refractivity contribution in [2.45, 2.75) is 51.0 Å². The summed E-state index contributed by atoms with van der Waals surface area (Å²) in [5.74, 6) is -1.16. The molecule has 0 radical (unpaired) electrons. The van der Waals surface area contributed by atoms with Gasteiger partial charge in [-0.15, -0.1) is 0 Å². The fraction of sp³-hybridized carbons (Fsp3) is 0.444. The highest BCUT2D eigenvalue weighted by Crippen LogP contribution is 2.44. The Hall–Kier alpha value is -3.35. The number of alkyl carbamates (subject to hydrolysis) is 1. The number of hydrogen-bond donors (Lipinski definition) is 3. The van der Waals surface area contributed by atoms with E-state index in [1.165, 1.54) is 11.1 Å². The maximum absolute atomic E-state index is 12.7. The topological polar surface area (TPSA) is 105 Å². The van der Waals surface area contributed by atoms with Crippen LogP contribution < -0.4 is 10.6 Å². The summed E-state index contributed by atoms with van der Waals surface area (Å²) in [4.78, 5) is 36.0. The zero-order chi connectivity index (χ0) is 24.1. The van der Waals surface area contributed by atoms with Crippen molar-refractivity contribution >= 4 is 18.0 Å². The Morgan fingerprint density at radius 3 is 2.29 bits per heavy atom. The summed E-state index contributed by atoms with van der Waals surface area (Å²) in [5, 5.41) is 14.7. The van der Waals surface area contributed by atoms with Crippen LogP contribution in [0.5, 0.6) is 0 Å². The first-order valence-corrected chi connectivity index (χ1v) is 12.1. The second-order valence-electron chi connectivity index (χ2n) is 9.29. The van der Waals surface area contributed by atoms with Gasteiger partial charge in [0.05, 0.1) is 5.92 Å². The Bertz CT molecular complexity index is 1010. The molecule has 180 valence electrons. The highest BCUT2D eigenvalue weighted by Gasteiger charge is 2.30. The smallest absolute Gasteiger partial charge is 0.407 e. The molecule has 0 spiro atoms. The first kappa shape index (κ1) is 23.8. The normalized spacial score (nSPS) is 19.7. The van der Waals surface area contributed by atoms with Gasteiger partial charge in [0, 0.05) is 24.9 Å². The molecule has 1 saturated carbocycles. The molecular formula is C27H32N2O5. The van der Waals surface area contributed by atoms with Crippen LogP contribution in [0.25, 0.3) is 11.1 Å². The third-order valence-electron chi connectivity index (χ3n) is 7.05. The number of hydrogen-bond acceptors (Lipinski definition) is 4. The zero-order valence-corrected chi connectivity index (χ0v) is 19.5. The van der Waals surface area contributed by atoms with Crippen molar-refractivity contribution in [1.29, 1.82) is 0 Å². The fourth-order valence-corrected chi connectivity index (χ4v) is 5.24. The minimum atomic E-state index is -0.796. The van der Waals surface area contributed by atoms with Crippen LogP contribution in [0.3, 0.4) is 0 Å². The quantitative estimate of drug-likeness (QED) is 0.513. The maximum Gasteiger partial charge on any atom is 0.407 e. The fourth-order valence-electron chi connectivity index (χ4n) is 5.24. The molecule has 0 aromatic heterocycles. The summed E-state index contributed by atoms with van der Waals surface area (Å²) >= 11 is 0. The predicted octanol–water partition coefficient (Wildman–Crippen LogP) is 4.31. The van der Waals surface area contributed by atoms with Gasteiger partial charge in [-0.25, -0.2) is 4.79 Å². The van der Waals surface area contributed by atoms with Crippen molar-refractivity contribution in [3.05, 3.63) is 59.7 Å². The molecule has 3 N–H and O–H groups in total. The maximum atomic E-state index is 12.7. The van der Waals surface area contributed by atoms with E-state index >= 15 is 0 Å². The second kappa shape index (κ2) is 10.7. The molecule has 2 aliphatic rings. The van der Waals surface area contributed by atoms with Gasteiger partial charge >= 0.3 is 12.1 Å². The molecule has 2 aliphatic carbocycles. The predicted molar refractivity (Wildman–Crippen MR) is 128 cm³/mol. The van der Waals surface area contributed by atoms with Crippen molar-refractivity contribution in [1.82, 2.24) is 10.6 Å². The van der Waals surface area contributed by atoms with E-state index < -0.39 is 12.1 Å². The standard InChI is InChI=1S/C27H32N2O5/c1-2-18(26(32)29-19-12-11-17(13-19)14-25(30)31)15-28-27(33)34-16-24-22-9-5-3-7-20(22)21-8-4-6-10-23(21)24/h3-10,17-19,24H,2,11-16H2,1H3,(H,28,33)(H,29,32)(H,30,31)/t17-,18?,19+/m0/s1. The van der Waals surface area contributed by atoms with Gasteiger partial charge < -0.3 is 20.5 Å². The van der Waals surface area contributed by atoms with Crippen LogP contribution in [-0.4, -0.2) is 42.3 Å². The van der Waals surface area contributed by atoms with Crippen molar-refractivity contribution in [2.75, 3.05) is 13.2 Å². The van der Waals surface area contributed by atoms with Gasteiger partial charge in [-0.1, -0.05) is 55.5 Å². The lowest BCUT2D eigenvalue weighted by molar-refractivity contribution is -0.138. The number of carbonyl (C=O) groups excluding carboxylic acids is 2. The van der Waals surface area contributed by atoms with Crippen LogP contribution in [0.1, 0.15) is 56.1 Å². The molecule has 0 heterocycles. The molecule has 2 aromatic rings. The Labute approximate surface area is 199 Å². The van der Waals surface area contributed by atoms with E-state index in [4.69, 9.17) is 9.84 Å². The van der Waals surface area contributed by atoms with Gasteiger partial charge in [0.15, 0.2) is 0 Å². The molecule has 0 bridgehead atoms. The second-order valence-corrected chi connectivity index (χ2v) is 9.29. The summed E-state index contributed by atoms with van der Waals surface area (Å²) in [7, 11) is 0. The van der Waals surface area contributed by atoms with Crippen LogP contribution in [0, 0.1) is 11.8 Å². The number of fused-ring (bicyclic) bond motifs is 3. The highest BCUT2D eigenvalue weighted by atomic mass is 16.5. The van der Waals surface area contributed by atoms with Gasteiger partial charge in [-0.2, -0.15) is 0 Å². The molecule has 2 aromatic carbocycles. The van der Waals surface area contributed by atoms with E-state index in [0.717, 1.165) is 24.0 Å². The number of ether oxygens (including phenoxy) is 1. The van der Waals surface area contributed by atoms with E-state index in [1.807, 2.05) is 31.2 Å². The highest BCUT2D eigenvalue weighted by molar-refractivity contribution is 5.80. The summed E-state index contributed by atoms with van der Waals surface area (Å²) in [6.45, 7) is 2.34. The summed E-state index contributed by atoms with van der Waals surface area (Å²) in [6.07, 6.45) is 2.49. The van der Waals surface area contributed by atoms with Crippen molar-refractivity contribution in [3.63, 3.8) is 0 Å². The van der Waals surface area contributed by atoms with Gasteiger partial charge in [-0.05, 0) is 53.9 Å². The van der Waals surface area contributed by atoms with Crippen LogP contribution in [0.4, 0.5) is 4.79 Å². The summed E-state index contributed by atoms with van der Waals surface area (Å²) in [5.41, 5.74) is 4.65. The molecule has 7 nitrogen and oxygen atoms in total. The van der Waals surface area contributed by atoms with Gasteiger partial charge in [0.2, 0.25) is 5.91 Å². The van der Waals surface area contributed by atoms with Crippen LogP contribution in [0.15, 0.2) is 48.5 Å². The average Bonchev–Trinajstić information content (AvgIpc) is 3.39. The van der Waals surface area contributed by atoms with E-state index in [9.17, 15) is 14.4 Å². The third kappa shape index (κ3) is 5.41. The van der Waals surface area contributed by atoms with Crippen molar-refractivity contribution < 1.29 is 24.2 Å². The zero-order valence-electron chi connectivity index (χ0n) is 19.5. The summed E-state index contributed by atoms with van der Waals surface area (Å²) in [6, 6.07) is 16.3. The minimum absolute atomic E-state index is 0.000328. The molecule has 1 fully saturated rings. The Kier molecular flexibility index (Phi) is 7.50. The van der Waals surface area contributed by atoms with Gasteiger partial charge in [0.1, 0.15) is 6.61 Å². The van der Waals surface area contributed by atoms with Crippen LogP contribution >= 0.6 is 0 Å². The lowest BCUT2D eigenvalue weighted by atomic mass is 9.98. The van der Waals surface area contributed by atoms with E-state index in [0.29, 0.717) is 12.8 Å². The van der Waals surface area contributed by atoms with E-state index in [1.54, 1.807) is 0 Å². The van der Waals surface area contributed by atoms with Gasteiger partial charge in [-0.3, -0.25) is 9.59 Å². The lowest BCUT2D eigenvalue weighted by Gasteiger charge is -2.20. The lowest BCUT2D eigenvalue weighted by Crippen LogP contribution is -2.42. The molecule has 3 atom stereocenters. The number of aliphatic carboxylic acids is 1. The molecule has 1 unspecified atom stereocenters. The largest absolute Gasteiger partial charge is 0.481 e. The summed E-state index contributed by atoms with van der Waals surface area (Å²) < 4.78 is 5.56. The number of carbonyl (C=O) groups is 3. The number of carboxylic acid groups (broad SMARTS) is 1. The SMILES string of the molecule is CCC(CNC(=O)OCC1c2ccccc2-c2ccccc21)C(=O)N[C@@H]1CC[C@H](CC(=O)O)C1. The number of rotatable bonds is 9. The van der Waals surface area contributed by atoms with E-state index in [2.05, 4.69) is 34.9 Å². The first-order chi connectivity index (χ1) is 16.5. The molecule has 34 heavy (non-hydrogen) atoms. The average molecular weight is 465 g/mol. The molecule has 2 amide bonds. The third-order valence-corrected chi connectivity index (χ3v) is 7.05. The number of nitrogens with one attached hydrogen (secondary N) is 2. The number of benzene rings is 2. The van der Waals surface area contributed by atoms with E-state index in [-0.39, 0.29) is 49.3 Å². The van der Waals surface area contributed by atoms with Crippen molar-refractivity contribution in [3.8, 4) is 11.1 Å². The molecule has 0 saturated heterocycles. The van der Waals surface area contributed by atoms with Crippen molar-refractivity contribution in [2.24, 2.45) is 11.8 Å². The monoisotopic (exact) mass is 464 g/mol. The molecule has 0 aliphatic heterocycles. The molecule has 7 heteroatoms. The Morgan fingerprint density at radius 1 is 1.03 bits per heavy atom.